The molecule has 0 saturated heterocycles. The van der Waals surface area contributed by atoms with Crippen molar-refractivity contribution in [2.24, 2.45) is 0 Å². The maximum absolute atomic E-state index is 6.05. The summed E-state index contributed by atoms with van der Waals surface area (Å²) < 4.78 is 5.87. The number of halogens is 4. The number of nitrogens with zero attached hydrogens (tertiary/aromatic N) is 2. The fourth-order valence-electron chi connectivity index (χ4n) is 2.46. The average Bonchev–Trinajstić information content (AvgIpc) is 3.16. The summed E-state index contributed by atoms with van der Waals surface area (Å²) in [6.45, 7) is 0. The Morgan fingerprint density at radius 1 is 0.724 bits per heavy atom. The van der Waals surface area contributed by atoms with Crippen LogP contribution in [-0.4, -0.2) is 10.2 Å². The highest BCUT2D eigenvalue weighted by Gasteiger charge is 2.10. The third-order valence-corrected chi connectivity index (χ3v) is 6.17. The van der Waals surface area contributed by atoms with Crippen LogP contribution >= 0.6 is 57.7 Å². The molecule has 9 heteroatoms. The molecule has 0 atom stereocenters. The van der Waals surface area contributed by atoms with Crippen LogP contribution in [0.1, 0.15) is 0 Å². The van der Waals surface area contributed by atoms with Crippen molar-refractivity contribution >= 4 is 68.6 Å². The summed E-state index contributed by atoms with van der Waals surface area (Å²) in [5.41, 5.74) is 1.65. The zero-order valence-corrected chi connectivity index (χ0v) is 18.3. The molecule has 0 radical (unpaired) electrons. The lowest BCUT2D eigenvalue weighted by molar-refractivity contribution is 0.483. The van der Waals surface area contributed by atoms with Crippen LogP contribution in [0.4, 0.5) is 10.8 Å². The van der Waals surface area contributed by atoms with E-state index in [1.807, 2.05) is 30.3 Å². The first-order valence-corrected chi connectivity index (χ1v) is 10.6. The molecule has 0 aliphatic rings. The summed E-state index contributed by atoms with van der Waals surface area (Å²) in [6, 6.07) is 17.9. The average molecular weight is 483 g/mol. The van der Waals surface area contributed by atoms with Gasteiger partial charge in [-0.25, -0.2) is 0 Å². The Kier molecular flexibility index (Phi) is 6.13. The molecule has 29 heavy (non-hydrogen) atoms. The predicted octanol–water partition coefficient (Wildman–Crippen LogP) is 8.35. The number of aromatic nitrogens is 2. The minimum Gasteiger partial charge on any atom is -0.457 e. The molecule has 4 aromatic rings. The normalized spacial score (nSPS) is 10.8. The van der Waals surface area contributed by atoms with E-state index in [0.717, 1.165) is 16.3 Å². The smallest absolute Gasteiger partial charge is 0.210 e. The molecule has 0 fully saturated rings. The van der Waals surface area contributed by atoms with E-state index in [0.29, 0.717) is 36.7 Å². The van der Waals surface area contributed by atoms with E-state index in [1.54, 1.807) is 30.3 Å². The molecule has 4 nitrogen and oxygen atoms in total. The Hall–Kier alpha value is -2.02. The van der Waals surface area contributed by atoms with Crippen LogP contribution in [0.25, 0.3) is 10.6 Å². The van der Waals surface area contributed by atoms with Crippen molar-refractivity contribution in [3.05, 3.63) is 80.8 Å². The maximum Gasteiger partial charge on any atom is 0.210 e. The highest BCUT2D eigenvalue weighted by molar-refractivity contribution is 7.18. The van der Waals surface area contributed by atoms with Crippen LogP contribution in [0, 0.1) is 0 Å². The summed E-state index contributed by atoms with van der Waals surface area (Å²) in [7, 11) is 0. The Balaban J connectivity index is 1.52. The van der Waals surface area contributed by atoms with E-state index in [4.69, 9.17) is 51.1 Å². The molecule has 4 rings (SSSR count). The van der Waals surface area contributed by atoms with Gasteiger partial charge in [0.15, 0.2) is 0 Å². The van der Waals surface area contributed by atoms with Gasteiger partial charge in [-0.1, -0.05) is 69.9 Å². The Labute approximate surface area is 191 Å². The zero-order chi connectivity index (χ0) is 20.4. The van der Waals surface area contributed by atoms with Gasteiger partial charge in [0.1, 0.15) is 16.5 Å². The first kappa shape index (κ1) is 20.3. The van der Waals surface area contributed by atoms with Crippen molar-refractivity contribution in [2.75, 3.05) is 5.32 Å². The highest BCUT2D eigenvalue weighted by Crippen LogP contribution is 2.34. The van der Waals surface area contributed by atoms with Gasteiger partial charge in [0.25, 0.3) is 0 Å². The molecule has 1 aromatic heterocycles. The monoisotopic (exact) mass is 481 g/mol. The van der Waals surface area contributed by atoms with Gasteiger partial charge in [-0.3, -0.25) is 0 Å². The summed E-state index contributed by atoms with van der Waals surface area (Å²) in [5, 5.41) is 14.8. The van der Waals surface area contributed by atoms with Gasteiger partial charge in [-0.15, -0.1) is 10.2 Å². The lowest BCUT2D eigenvalue weighted by atomic mass is 10.2. The largest absolute Gasteiger partial charge is 0.457 e. The number of rotatable bonds is 5. The summed E-state index contributed by atoms with van der Waals surface area (Å²) in [4.78, 5) is 0. The van der Waals surface area contributed by atoms with Crippen LogP contribution < -0.4 is 10.1 Å². The highest BCUT2D eigenvalue weighted by atomic mass is 35.5. The minimum atomic E-state index is 0.433. The van der Waals surface area contributed by atoms with Gasteiger partial charge in [0, 0.05) is 17.3 Å². The van der Waals surface area contributed by atoms with Crippen molar-refractivity contribution in [1.82, 2.24) is 10.2 Å². The molecule has 0 unspecified atom stereocenters. The van der Waals surface area contributed by atoms with Crippen molar-refractivity contribution < 1.29 is 4.74 Å². The molecule has 1 heterocycles. The van der Waals surface area contributed by atoms with E-state index in [9.17, 15) is 0 Å². The van der Waals surface area contributed by atoms with Gasteiger partial charge in [-0.2, -0.15) is 0 Å². The number of anilines is 2. The second-order valence-corrected chi connectivity index (χ2v) is 8.48. The molecule has 1 N–H and O–H groups in total. The number of nitrogens with one attached hydrogen (secondary N) is 1. The van der Waals surface area contributed by atoms with Gasteiger partial charge in [0.2, 0.25) is 5.13 Å². The van der Waals surface area contributed by atoms with Crippen LogP contribution in [-0.2, 0) is 0 Å². The first-order valence-electron chi connectivity index (χ1n) is 8.27. The van der Waals surface area contributed by atoms with E-state index in [2.05, 4.69) is 15.5 Å². The van der Waals surface area contributed by atoms with Crippen molar-refractivity contribution in [1.29, 1.82) is 0 Å². The molecule has 0 aliphatic heterocycles. The number of hydrogen-bond donors (Lipinski definition) is 1. The lowest BCUT2D eigenvalue weighted by Gasteiger charge is -2.07. The topological polar surface area (TPSA) is 47.0 Å². The van der Waals surface area contributed by atoms with Gasteiger partial charge < -0.3 is 10.1 Å². The Bertz CT molecular complexity index is 1180. The number of ether oxygens (including phenoxy) is 1. The number of benzene rings is 3. The van der Waals surface area contributed by atoms with Gasteiger partial charge >= 0.3 is 0 Å². The first-order chi connectivity index (χ1) is 14.0. The van der Waals surface area contributed by atoms with E-state index >= 15 is 0 Å². The van der Waals surface area contributed by atoms with Crippen LogP contribution in [0.2, 0.25) is 20.1 Å². The minimum absolute atomic E-state index is 0.433. The van der Waals surface area contributed by atoms with Crippen LogP contribution in [0.5, 0.6) is 11.5 Å². The molecule has 0 aliphatic carbocycles. The summed E-state index contributed by atoms with van der Waals surface area (Å²) in [5.74, 6) is 1.24. The fraction of sp³-hybridized carbons (Fsp3) is 0. The van der Waals surface area contributed by atoms with E-state index in [-0.39, 0.29) is 0 Å². The van der Waals surface area contributed by atoms with E-state index in [1.165, 1.54) is 11.3 Å². The summed E-state index contributed by atoms with van der Waals surface area (Å²) >= 11 is 25.4. The third kappa shape index (κ3) is 4.94. The second kappa shape index (κ2) is 8.78. The Morgan fingerprint density at radius 3 is 2.21 bits per heavy atom. The molecule has 0 amide bonds. The molecule has 0 bridgehead atoms. The molecule has 0 spiro atoms. The van der Waals surface area contributed by atoms with Crippen LogP contribution in [0.3, 0.4) is 0 Å². The molecular formula is C20H11Cl4N3OS. The zero-order valence-electron chi connectivity index (χ0n) is 14.5. The summed E-state index contributed by atoms with van der Waals surface area (Å²) in [6.07, 6.45) is 0. The molecule has 0 saturated carbocycles. The SMILES string of the molecule is Clc1ccc(Nc2nnc(-c3cccc(Oc4ccc(Cl)c(Cl)c4)c3)s2)cc1Cl. The van der Waals surface area contributed by atoms with Crippen LogP contribution in [0.15, 0.2) is 60.7 Å². The van der Waals surface area contributed by atoms with E-state index < -0.39 is 0 Å². The fourth-order valence-corrected chi connectivity index (χ4v) is 3.80. The molecule has 146 valence electrons. The quantitative estimate of drug-likeness (QED) is 0.310. The maximum atomic E-state index is 6.05. The molecule has 3 aromatic carbocycles. The Morgan fingerprint density at radius 2 is 1.45 bits per heavy atom. The lowest BCUT2D eigenvalue weighted by Crippen LogP contribution is -1.89. The number of hydrogen-bond acceptors (Lipinski definition) is 5. The standard InChI is InChI=1S/C20H11Cl4N3OS/c21-15-6-4-12(9-17(15)23)25-20-27-26-19(29-20)11-2-1-3-13(8-11)28-14-5-7-16(22)18(24)10-14/h1-10H,(H,25,27). The second-order valence-electron chi connectivity index (χ2n) is 5.87. The molecular weight excluding hydrogens is 472 g/mol. The van der Waals surface area contributed by atoms with Crippen molar-refractivity contribution in [2.45, 2.75) is 0 Å². The third-order valence-electron chi connectivity index (χ3n) is 3.80. The van der Waals surface area contributed by atoms with Gasteiger partial charge in [0.05, 0.1) is 20.1 Å². The van der Waals surface area contributed by atoms with Crippen molar-refractivity contribution in [3.8, 4) is 22.1 Å². The van der Waals surface area contributed by atoms with Crippen molar-refractivity contribution in [3.63, 3.8) is 0 Å². The predicted molar refractivity (Wildman–Crippen MR) is 122 cm³/mol. The van der Waals surface area contributed by atoms with Gasteiger partial charge in [-0.05, 0) is 42.5 Å².